The molecule has 0 aliphatic carbocycles. The number of piperidine rings is 1. The summed E-state index contributed by atoms with van der Waals surface area (Å²) in [5.74, 6) is 0.495. The van der Waals surface area contributed by atoms with E-state index in [0.717, 1.165) is 43.6 Å². The van der Waals surface area contributed by atoms with Crippen LogP contribution in [0, 0.1) is 17.2 Å². The summed E-state index contributed by atoms with van der Waals surface area (Å²) in [5.41, 5.74) is 1.77. The first-order valence-electron chi connectivity index (χ1n) is 7.64. The molecule has 1 aromatic carbocycles. The van der Waals surface area contributed by atoms with Gasteiger partial charge in [-0.15, -0.1) is 0 Å². The van der Waals surface area contributed by atoms with Crippen LogP contribution in [0.25, 0.3) is 0 Å². The van der Waals surface area contributed by atoms with Crippen LogP contribution in [-0.2, 0) is 9.53 Å². The molecule has 112 valence electrons. The number of benzene rings is 1. The summed E-state index contributed by atoms with van der Waals surface area (Å²) in [7, 11) is 0. The Morgan fingerprint density at radius 1 is 1.38 bits per heavy atom. The Labute approximate surface area is 126 Å². The predicted octanol–water partition coefficient (Wildman–Crippen LogP) is 3.12. The topological polar surface area (TPSA) is 53.3 Å². The molecule has 2 rings (SSSR count). The van der Waals surface area contributed by atoms with Crippen LogP contribution in [0.15, 0.2) is 24.3 Å². The van der Waals surface area contributed by atoms with E-state index in [4.69, 9.17) is 10.00 Å². The molecule has 0 radical (unpaired) electrons. The lowest BCUT2D eigenvalue weighted by atomic mass is 9.91. The summed E-state index contributed by atoms with van der Waals surface area (Å²) in [6, 6.07) is 10.0. The molecule has 0 spiro atoms. The highest BCUT2D eigenvalue weighted by Gasteiger charge is 2.21. The minimum atomic E-state index is -0.0882. The summed E-state index contributed by atoms with van der Waals surface area (Å²) in [4.78, 5) is 13.7. The van der Waals surface area contributed by atoms with E-state index in [9.17, 15) is 4.79 Å². The second-order valence-electron chi connectivity index (χ2n) is 5.40. The van der Waals surface area contributed by atoms with Gasteiger partial charge in [-0.1, -0.05) is 12.1 Å². The molecule has 0 saturated carbocycles. The number of nitrogens with zero attached hydrogens (tertiary/aromatic N) is 2. The maximum atomic E-state index is 11.4. The van der Waals surface area contributed by atoms with E-state index in [1.165, 1.54) is 0 Å². The van der Waals surface area contributed by atoms with Gasteiger partial charge in [0.15, 0.2) is 0 Å². The molecule has 0 bridgehead atoms. The number of carbonyl (C=O) groups excluding carboxylic acids is 1. The average Bonchev–Trinajstić information content (AvgIpc) is 2.54. The van der Waals surface area contributed by atoms with Crippen LogP contribution in [-0.4, -0.2) is 25.7 Å². The normalized spacial score (nSPS) is 15.5. The van der Waals surface area contributed by atoms with Crippen molar-refractivity contribution in [3.8, 4) is 6.07 Å². The van der Waals surface area contributed by atoms with Gasteiger partial charge in [-0.05, 0) is 44.2 Å². The van der Waals surface area contributed by atoms with E-state index in [2.05, 4.69) is 11.0 Å². The van der Waals surface area contributed by atoms with E-state index in [1.54, 1.807) is 0 Å². The number of esters is 1. The first kappa shape index (κ1) is 15.4. The van der Waals surface area contributed by atoms with Crippen LogP contribution in [0.1, 0.15) is 38.2 Å². The van der Waals surface area contributed by atoms with Crippen molar-refractivity contribution in [1.82, 2.24) is 0 Å². The Bertz CT molecular complexity index is 514. The molecule has 1 aliphatic heterocycles. The minimum Gasteiger partial charge on any atom is -0.466 e. The SMILES string of the molecule is CCOC(=O)CCC1CCN(c2ccccc2C#N)CC1. The lowest BCUT2D eigenvalue weighted by Crippen LogP contribution is -2.34. The summed E-state index contributed by atoms with van der Waals surface area (Å²) in [5, 5.41) is 9.17. The highest BCUT2D eigenvalue weighted by Crippen LogP contribution is 2.28. The zero-order valence-corrected chi connectivity index (χ0v) is 12.5. The molecule has 0 unspecified atom stereocenters. The van der Waals surface area contributed by atoms with Crippen LogP contribution in [0.4, 0.5) is 5.69 Å². The third-order valence-corrected chi connectivity index (χ3v) is 4.04. The van der Waals surface area contributed by atoms with Crippen LogP contribution in [0.5, 0.6) is 0 Å². The molecule has 1 aliphatic rings. The lowest BCUT2D eigenvalue weighted by molar-refractivity contribution is -0.143. The van der Waals surface area contributed by atoms with Gasteiger partial charge in [-0.3, -0.25) is 4.79 Å². The molecule has 4 heteroatoms. The number of ether oxygens (including phenoxy) is 1. The molecule has 0 atom stereocenters. The molecule has 0 N–H and O–H groups in total. The Morgan fingerprint density at radius 2 is 2.10 bits per heavy atom. The summed E-state index contributed by atoms with van der Waals surface area (Å²) >= 11 is 0. The molecular formula is C17H22N2O2. The second kappa shape index (κ2) is 7.68. The molecule has 0 aromatic heterocycles. The quantitative estimate of drug-likeness (QED) is 0.780. The van der Waals surface area contributed by atoms with Gasteiger partial charge in [0.1, 0.15) is 6.07 Å². The molecule has 4 nitrogen and oxygen atoms in total. The molecule has 1 aromatic rings. The van der Waals surface area contributed by atoms with Gasteiger partial charge in [-0.25, -0.2) is 0 Å². The molecule has 1 fully saturated rings. The maximum Gasteiger partial charge on any atom is 0.305 e. The van der Waals surface area contributed by atoms with Crippen molar-refractivity contribution in [2.45, 2.75) is 32.6 Å². The molecular weight excluding hydrogens is 264 g/mol. The minimum absolute atomic E-state index is 0.0882. The maximum absolute atomic E-state index is 11.4. The molecule has 1 saturated heterocycles. The van der Waals surface area contributed by atoms with E-state index in [-0.39, 0.29) is 5.97 Å². The van der Waals surface area contributed by atoms with Crippen LogP contribution < -0.4 is 4.90 Å². The van der Waals surface area contributed by atoms with Crippen molar-refractivity contribution in [2.75, 3.05) is 24.6 Å². The van der Waals surface area contributed by atoms with Crippen LogP contribution in [0.2, 0.25) is 0 Å². The third kappa shape index (κ3) is 4.22. The second-order valence-corrected chi connectivity index (χ2v) is 5.40. The van der Waals surface area contributed by atoms with Crippen molar-refractivity contribution in [3.05, 3.63) is 29.8 Å². The molecule has 0 amide bonds. The van der Waals surface area contributed by atoms with Crippen molar-refractivity contribution in [3.63, 3.8) is 0 Å². The fraction of sp³-hybridized carbons (Fsp3) is 0.529. The fourth-order valence-electron chi connectivity index (χ4n) is 2.86. The predicted molar refractivity (Wildman–Crippen MR) is 82.0 cm³/mol. The highest BCUT2D eigenvalue weighted by molar-refractivity contribution is 5.69. The third-order valence-electron chi connectivity index (χ3n) is 4.04. The van der Waals surface area contributed by atoms with Crippen molar-refractivity contribution >= 4 is 11.7 Å². The van der Waals surface area contributed by atoms with Crippen LogP contribution in [0.3, 0.4) is 0 Å². The van der Waals surface area contributed by atoms with E-state index >= 15 is 0 Å². The van der Waals surface area contributed by atoms with Gasteiger partial charge >= 0.3 is 5.97 Å². The summed E-state index contributed by atoms with van der Waals surface area (Å²) < 4.78 is 4.97. The zero-order valence-electron chi connectivity index (χ0n) is 12.5. The van der Waals surface area contributed by atoms with Gasteiger partial charge in [0.05, 0.1) is 17.9 Å². The first-order chi connectivity index (χ1) is 10.2. The van der Waals surface area contributed by atoms with Gasteiger partial charge < -0.3 is 9.64 Å². The van der Waals surface area contributed by atoms with Crippen molar-refractivity contribution in [2.24, 2.45) is 5.92 Å². The average molecular weight is 286 g/mol. The standard InChI is InChI=1S/C17H22N2O2/c1-2-21-17(20)8-7-14-9-11-19(12-10-14)16-6-4-3-5-15(16)13-18/h3-6,14H,2,7-12H2,1H3. The number of carbonyl (C=O) groups is 1. The largest absolute Gasteiger partial charge is 0.466 e. The Balaban J connectivity index is 1.83. The van der Waals surface area contributed by atoms with Gasteiger partial charge in [0, 0.05) is 19.5 Å². The van der Waals surface area contributed by atoms with E-state index < -0.39 is 0 Å². The summed E-state index contributed by atoms with van der Waals surface area (Å²) in [6.07, 6.45) is 3.57. The fourth-order valence-corrected chi connectivity index (χ4v) is 2.86. The first-order valence-corrected chi connectivity index (χ1v) is 7.64. The molecule has 21 heavy (non-hydrogen) atoms. The number of nitriles is 1. The number of hydrogen-bond acceptors (Lipinski definition) is 4. The van der Waals surface area contributed by atoms with Gasteiger partial charge in [0.2, 0.25) is 0 Å². The van der Waals surface area contributed by atoms with E-state index in [1.807, 2.05) is 31.2 Å². The smallest absolute Gasteiger partial charge is 0.305 e. The van der Waals surface area contributed by atoms with Gasteiger partial charge in [0.25, 0.3) is 0 Å². The number of para-hydroxylation sites is 1. The Kier molecular flexibility index (Phi) is 5.62. The number of rotatable bonds is 5. The Hall–Kier alpha value is -2.02. The monoisotopic (exact) mass is 286 g/mol. The van der Waals surface area contributed by atoms with Gasteiger partial charge in [-0.2, -0.15) is 5.26 Å². The Morgan fingerprint density at radius 3 is 2.76 bits per heavy atom. The number of hydrogen-bond donors (Lipinski definition) is 0. The lowest BCUT2D eigenvalue weighted by Gasteiger charge is -2.34. The summed E-state index contributed by atoms with van der Waals surface area (Å²) in [6.45, 7) is 4.20. The highest BCUT2D eigenvalue weighted by atomic mass is 16.5. The van der Waals surface area contributed by atoms with Crippen LogP contribution >= 0.6 is 0 Å². The van der Waals surface area contributed by atoms with E-state index in [0.29, 0.717) is 18.9 Å². The number of anilines is 1. The van der Waals surface area contributed by atoms with Crippen molar-refractivity contribution in [1.29, 1.82) is 5.26 Å². The zero-order chi connectivity index (χ0) is 15.1. The van der Waals surface area contributed by atoms with Crippen molar-refractivity contribution < 1.29 is 9.53 Å². The molecule has 1 heterocycles.